The van der Waals surface area contributed by atoms with Crippen LogP contribution in [0.5, 0.6) is 0 Å². The number of rotatable bonds is 4. The Bertz CT molecular complexity index is 355. The van der Waals surface area contributed by atoms with Crippen LogP contribution in [-0.4, -0.2) is 31.3 Å². The number of esters is 1. The summed E-state index contributed by atoms with van der Waals surface area (Å²) in [7, 11) is 1.34. The monoisotopic (exact) mass is 273 g/mol. The summed E-state index contributed by atoms with van der Waals surface area (Å²) in [6, 6.07) is 5.24. The summed E-state index contributed by atoms with van der Waals surface area (Å²) in [5, 5.41) is 11.6. The lowest BCUT2D eigenvalue weighted by Gasteiger charge is -2.07. The van der Waals surface area contributed by atoms with Gasteiger partial charge in [-0.3, -0.25) is 0 Å². The molecule has 82 valence electrons. The van der Waals surface area contributed by atoms with Crippen molar-refractivity contribution in [2.75, 3.05) is 25.6 Å². The predicted molar refractivity (Wildman–Crippen MR) is 61.1 cm³/mol. The number of benzene rings is 1. The highest BCUT2D eigenvalue weighted by Gasteiger charge is 2.10. The molecule has 0 unspecified atom stereocenters. The van der Waals surface area contributed by atoms with E-state index in [1.54, 1.807) is 12.1 Å². The lowest BCUT2D eigenvalue weighted by atomic mass is 10.2. The lowest BCUT2D eigenvalue weighted by Crippen LogP contribution is -2.07. The van der Waals surface area contributed by atoms with Gasteiger partial charge < -0.3 is 15.2 Å². The minimum atomic E-state index is -0.394. The molecule has 15 heavy (non-hydrogen) atoms. The maximum Gasteiger partial charge on any atom is 0.339 e. The molecule has 0 radical (unpaired) electrons. The first-order valence-electron chi connectivity index (χ1n) is 4.41. The molecule has 2 N–H and O–H groups in total. The summed E-state index contributed by atoms with van der Waals surface area (Å²) in [6.45, 7) is 0.492. The molecule has 4 nitrogen and oxygen atoms in total. The SMILES string of the molecule is COC(=O)c1cc(NCCO)ccc1Br. The van der Waals surface area contributed by atoms with Crippen molar-refractivity contribution in [3.8, 4) is 0 Å². The fraction of sp³-hybridized carbons (Fsp3) is 0.300. The summed E-state index contributed by atoms with van der Waals surface area (Å²) in [4.78, 5) is 11.3. The number of methoxy groups -OCH3 is 1. The Morgan fingerprint density at radius 1 is 1.60 bits per heavy atom. The van der Waals surface area contributed by atoms with Gasteiger partial charge in [0, 0.05) is 16.7 Å². The molecule has 1 aromatic rings. The van der Waals surface area contributed by atoms with E-state index in [0.29, 0.717) is 16.6 Å². The standard InChI is InChI=1S/C10H12BrNO3/c1-15-10(14)8-6-7(12-4-5-13)2-3-9(8)11/h2-3,6,12-13H,4-5H2,1H3. The van der Waals surface area contributed by atoms with Crippen molar-refractivity contribution >= 4 is 27.6 Å². The maximum atomic E-state index is 11.3. The van der Waals surface area contributed by atoms with Gasteiger partial charge in [0.2, 0.25) is 0 Å². The van der Waals surface area contributed by atoms with Crippen molar-refractivity contribution in [2.24, 2.45) is 0 Å². The van der Waals surface area contributed by atoms with Crippen LogP contribution in [-0.2, 0) is 4.74 Å². The average molecular weight is 274 g/mol. The van der Waals surface area contributed by atoms with Gasteiger partial charge in [-0.25, -0.2) is 4.79 Å². The highest BCUT2D eigenvalue weighted by atomic mass is 79.9. The summed E-state index contributed by atoms with van der Waals surface area (Å²) in [5.41, 5.74) is 1.23. The Labute approximate surface area is 96.4 Å². The molecule has 0 aromatic heterocycles. The second-order valence-corrected chi connectivity index (χ2v) is 3.69. The highest BCUT2D eigenvalue weighted by molar-refractivity contribution is 9.10. The Morgan fingerprint density at radius 3 is 2.93 bits per heavy atom. The zero-order chi connectivity index (χ0) is 11.3. The third-order valence-corrected chi connectivity index (χ3v) is 2.50. The Balaban J connectivity index is 2.89. The number of carbonyl (C=O) groups excluding carboxylic acids is 1. The van der Waals surface area contributed by atoms with Crippen LogP contribution in [0.25, 0.3) is 0 Å². The molecule has 0 heterocycles. The molecule has 5 heteroatoms. The maximum absolute atomic E-state index is 11.3. The molecule has 0 aliphatic rings. The van der Waals surface area contributed by atoms with Gasteiger partial charge in [0.1, 0.15) is 0 Å². The number of aliphatic hydroxyl groups is 1. The van der Waals surface area contributed by atoms with E-state index in [9.17, 15) is 4.79 Å². The van der Waals surface area contributed by atoms with Gasteiger partial charge in [-0.15, -0.1) is 0 Å². The molecule has 0 bridgehead atoms. The zero-order valence-corrected chi connectivity index (χ0v) is 9.87. The number of hydrogen-bond acceptors (Lipinski definition) is 4. The van der Waals surface area contributed by atoms with Crippen LogP contribution in [0, 0.1) is 0 Å². The van der Waals surface area contributed by atoms with Crippen molar-refractivity contribution in [1.82, 2.24) is 0 Å². The van der Waals surface area contributed by atoms with Gasteiger partial charge in [-0.05, 0) is 34.1 Å². The topological polar surface area (TPSA) is 58.6 Å². The van der Waals surface area contributed by atoms with Gasteiger partial charge in [0.05, 0.1) is 19.3 Å². The Morgan fingerprint density at radius 2 is 2.33 bits per heavy atom. The average Bonchev–Trinajstić information content (AvgIpc) is 2.27. The predicted octanol–water partition coefficient (Wildman–Crippen LogP) is 1.64. The highest BCUT2D eigenvalue weighted by Crippen LogP contribution is 2.21. The Kier molecular flexibility index (Phi) is 4.58. The number of halogens is 1. The van der Waals surface area contributed by atoms with Gasteiger partial charge in [-0.1, -0.05) is 0 Å². The van der Waals surface area contributed by atoms with E-state index in [0.717, 1.165) is 5.69 Å². The molecule has 0 fully saturated rings. The number of hydrogen-bond donors (Lipinski definition) is 2. The molecular formula is C10H12BrNO3. The number of carbonyl (C=O) groups is 1. The number of aliphatic hydroxyl groups excluding tert-OH is 1. The molecule has 0 spiro atoms. The minimum absolute atomic E-state index is 0.0453. The molecule has 1 aromatic carbocycles. The van der Waals surface area contributed by atoms with Crippen molar-refractivity contribution in [3.63, 3.8) is 0 Å². The molecule has 0 aliphatic heterocycles. The smallest absolute Gasteiger partial charge is 0.339 e. The first kappa shape index (κ1) is 12.0. The second-order valence-electron chi connectivity index (χ2n) is 2.84. The fourth-order valence-corrected chi connectivity index (χ4v) is 1.51. The number of ether oxygens (including phenoxy) is 1. The van der Waals surface area contributed by atoms with E-state index in [4.69, 9.17) is 5.11 Å². The van der Waals surface area contributed by atoms with Crippen LogP contribution in [0.3, 0.4) is 0 Å². The normalized spacial score (nSPS) is 9.80. The number of nitrogens with one attached hydrogen (secondary N) is 1. The van der Waals surface area contributed by atoms with Crippen LogP contribution in [0.2, 0.25) is 0 Å². The molecule has 0 aliphatic carbocycles. The summed E-state index contributed by atoms with van der Waals surface area (Å²) >= 11 is 3.26. The largest absolute Gasteiger partial charge is 0.465 e. The molecule has 0 atom stereocenters. The summed E-state index contributed by atoms with van der Waals surface area (Å²) in [5.74, 6) is -0.394. The van der Waals surface area contributed by atoms with E-state index in [-0.39, 0.29) is 6.61 Å². The third kappa shape index (κ3) is 3.21. The van der Waals surface area contributed by atoms with Crippen molar-refractivity contribution in [3.05, 3.63) is 28.2 Å². The molecule has 0 saturated heterocycles. The van der Waals surface area contributed by atoms with Crippen LogP contribution >= 0.6 is 15.9 Å². The van der Waals surface area contributed by atoms with Crippen LogP contribution in [0.1, 0.15) is 10.4 Å². The van der Waals surface area contributed by atoms with Crippen molar-refractivity contribution in [2.45, 2.75) is 0 Å². The molecular weight excluding hydrogens is 262 g/mol. The van der Waals surface area contributed by atoms with Crippen molar-refractivity contribution in [1.29, 1.82) is 0 Å². The lowest BCUT2D eigenvalue weighted by molar-refractivity contribution is 0.0600. The van der Waals surface area contributed by atoms with Crippen LogP contribution in [0.4, 0.5) is 5.69 Å². The van der Waals surface area contributed by atoms with Gasteiger partial charge >= 0.3 is 5.97 Å². The number of anilines is 1. The third-order valence-electron chi connectivity index (χ3n) is 1.81. The first-order valence-corrected chi connectivity index (χ1v) is 5.21. The zero-order valence-electron chi connectivity index (χ0n) is 8.29. The van der Waals surface area contributed by atoms with Gasteiger partial charge in [-0.2, -0.15) is 0 Å². The Hall–Kier alpha value is -1.07. The van der Waals surface area contributed by atoms with Gasteiger partial charge in [0.25, 0.3) is 0 Å². The van der Waals surface area contributed by atoms with E-state index in [2.05, 4.69) is 26.0 Å². The molecule has 0 amide bonds. The molecule has 1 rings (SSSR count). The quantitative estimate of drug-likeness (QED) is 0.819. The van der Waals surface area contributed by atoms with E-state index < -0.39 is 5.97 Å². The van der Waals surface area contributed by atoms with Gasteiger partial charge in [0.15, 0.2) is 0 Å². The van der Waals surface area contributed by atoms with Crippen LogP contribution < -0.4 is 5.32 Å². The summed E-state index contributed by atoms with van der Waals surface area (Å²) in [6.07, 6.45) is 0. The van der Waals surface area contributed by atoms with Crippen LogP contribution in [0.15, 0.2) is 22.7 Å². The van der Waals surface area contributed by atoms with E-state index in [1.165, 1.54) is 7.11 Å². The van der Waals surface area contributed by atoms with Crippen molar-refractivity contribution < 1.29 is 14.6 Å². The minimum Gasteiger partial charge on any atom is -0.465 e. The fourth-order valence-electron chi connectivity index (χ4n) is 1.10. The second kappa shape index (κ2) is 5.72. The molecule has 0 saturated carbocycles. The first-order chi connectivity index (χ1) is 7.19. The van der Waals surface area contributed by atoms with E-state index >= 15 is 0 Å². The summed E-state index contributed by atoms with van der Waals surface area (Å²) < 4.78 is 5.31. The van der Waals surface area contributed by atoms with E-state index in [1.807, 2.05) is 6.07 Å².